The third kappa shape index (κ3) is 2.19. The lowest BCUT2D eigenvalue weighted by atomic mass is 10.2. The van der Waals surface area contributed by atoms with Crippen LogP contribution >= 0.6 is 11.3 Å². The van der Waals surface area contributed by atoms with E-state index >= 15 is 0 Å². The topological polar surface area (TPSA) is 44.9 Å². The van der Waals surface area contributed by atoms with E-state index < -0.39 is 0 Å². The van der Waals surface area contributed by atoms with Crippen molar-refractivity contribution in [1.82, 2.24) is 10.3 Å². The lowest BCUT2D eigenvalue weighted by molar-refractivity contribution is 0.797. The monoisotopic (exact) mass is 186 g/mol. The number of hydrogen-bond donors (Lipinski definition) is 2. The van der Waals surface area contributed by atoms with Gasteiger partial charge in [0.05, 0.1) is 0 Å². The van der Waals surface area contributed by atoms with Crippen LogP contribution in [-0.2, 0) is 13.0 Å². The standard InChI is InChI=1S/C8H14N2OS/c1-3-4-6-7(5-9-2)12-8(11)10-6/h9H,3-5H2,1-2H3,(H,10,11). The smallest absolute Gasteiger partial charge is 0.304 e. The van der Waals surface area contributed by atoms with Crippen LogP contribution in [0.4, 0.5) is 0 Å². The summed E-state index contributed by atoms with van der Waals surface area (Å²) in [6.45, 7) is 2.90. The Morgan fingerprint density at radius 1 is 1.58 bits per heavy atom. The molecule has 0 radical (unpaired) electrons. The van der Waals surface area contributed by atoms with Crippen LogP contribution in [0.5, 0.6) is 0 Å². The zero-order valence-electron chi connectivity index (χ0n) is 7.44. The number of thiazole rings is 1. The van der Waals surface area contributed by atoms with Crippen molar-refractivity contribution in [3.05, 3.63) is 20.2 Å². The van der Waals surface area contributed by atoms with Crippen molar-refractivity contribution in [3.63, 3.8) is 0 Å². The van der Waals surface area contributed by atoms with Gasteiger partial charge in [-0.2, -0.15) is 0 Å². The largest absolute Gasteiger partial charge is 0.316 e. The van der Waals surface area contributed by atoms with Crippen LogP contribution in [0.15, 0.2) is 4.79 Å². The van der Waals surface area contributed by atoms with Crippen molar-refractivity contribution in [2.75, 3.05) is 7.05 Å². The third-order valence-corrected chi connectivity index (χ3v) is 2.57. The molecule has 0 saturated carbocycles. The average molecular weight is 186 g/mol. The Kier molecular flexibility index (Phi) is 3.49. The summed E-state index contributed by atoms with van der Waals surface area (Å²) < 4.78 is 0. The molecule has 0 saturated heterocycles. The molecule has 0 amide bonds. The van der Waals surface area contributed by atoms with Gasteiger partial charge in [-0.3, -0.25) is 4.79 Å². The second kappa shape index (κ2) is 4.42. The molecule has 0 spiro atoms. The van der Waals surface area contributed by atoms with Crippen molar-refractivity contribution in [1.29, 1.82) is 0 Å². The lowest BCUT2D eigenvalue weighted by Crippen LogP contribution is -2.05. The van der Waals surface area contributed by atoms with Gasteiger partial charge in [-0.15, -0.1) is 0 Å². The number of hydrogen-bond acceptors (Lipinski definition) is 3. The molecule has 0 aromatic carbocycles. The van der Waals surface area contributed by atoms with Gasteiger partial charge in [-0.1, -0.05) is 24.7 Å². The Balaban J connectivity index is 2.84. The predicted octanol–water partition coefficient (Wildman–Crippen LogP) is 1.11. The van der Waals surface area contributed by atoms with Crippen LogP contribution < -0.4 is 10.2 Å². The van der Waals surface area contributed by atoms with Crippen molar-refractivity contribution < 1.29 is 0 Å². The van der Waals surface area contributed by atoms with E-state index in [4.69, 9.17) is 0 Å². The summed E-state index contributed by atoms with van der Waals surface area (Å²) in [5.41, 5.74) is 1.10. The number of nitrogens with one attached hydrogen (secondary N) is 2. The molecule has 68 valence electrons. The zero-order chi connectivity index (χ0) is 8.97. The summed E-state index contributed by atoms with van der Waals surface area (Å²) in [7, 11) is 1.89. The van der Waals surface area contributed by atoms with E-state index in [2.05, 4.69) is 17.2 Å². The molecule has 12 heavy (non-hydrogen) atoms. The highest BCUT2D eigenvalue weighted by molar-refractivity contribution is 7.09. The van der Waals surface area contributed by atoms with Crippen molar-refractivity contribution in [3.8, 4) is 0 Å². The first-order chi connectivity index (χ1) is 5.77. The van der Waals surface area contributed by atoms with E-state index in [1.165, 1.54) is 11.3 Å². The summed E-state index contributed by atoms with van der Waals surface area (Å²) in [6.07, 6.45) is 2.04. The molecule has 2 N–H and O–H groups in total. The van der Waals surface area contributed by atoms with Crippen molar-refractivity contribution >= 4 is 11.3 Å². The summed E-state index contributed by atoms with van der Waals surface area (Å²) >= 11 is 1.31. The molecule has 4 heteroatoms. The Morgan fingerprint density at radius 3 is 2.92 bits per heavy atom. The predicted molar refractivity (Wildman–Crippen MR) is 51.7 cm³/mol. The molecule has 0 fully saturated rings. The highest BCUT2D eigenvalue weighted by atomic mass is 32.1. The summed E-state index contributed by atoms with van der Waals surface area (Å²) in [5, 5.41) is 3.05. The quantitative estimate of drug-likeness (QED) is 0.740. The summed E-state index contributed by atoms with van der Waals surface area (Å²) in [4.78, 5) is 15.1. The van der Waals surface area contributed by atoms with Crippen LogP contribution in [0.25, 0.3) is 0 Å². The van der Waals surface area contributed by atoms with E-state index in [1.807, 2.05) is 7.05 Å². The first-order valence-electron chi connectivity index (χ1n) is 4.13. The van der Waals surface area contributed by atoms with E-state index in [0.717, 1.165) is 30.0 Å². The molecule has 1 heterocycles. The molecule has 3 nitrogen and oxygen atoms in total. The fourth-order valence-corrected chi connectivity index (χ4v) is 2.04. The number of rotatable bonds is 4. The van der Waals surface area contributed by atoms with E-state index in [1.54, 1.807) is 0 Å². The van der Waals surface area contributed by atoms with Crippen LogP contribution in [0, 0.1) is 0 Å². The summed E-state index contributed by atoms with van der Waals surface area (Å²) in [6, 6.07) is 0. The molecule has 1 aromatic heterocycles. The zero-order valence-corrected chi connectivity index (χ0v) is 8.25. The molecular weight excluding hydrogens is 172 g/mol. The van der Waals surface area contributed by atoms with Gasteiger partial charge in [0, 0.05) is 17.1 Å². The number of aromatic nitrogens is 1. The van der Waals surface area contributed by atoms with Gasteiger partial charge in [0.2, 0.25) is 0 Å². The van der Waals surface area contributed by atoms with E-state index in [0.29, 0.717) is 0 Å². The van der Waals surface area contributed by atoms with Gasteiger partial charge in [-0.25, -0.2) is 0 Å². The molecule has 0 aliphatic rings. The minimum atomic E-state index is 0.0590. The SMILES string of the molecule is CCCc1[nH]c(=O)sc1CNC. The van der Waals surface area contributed by atoms with Gasteiger partial charge in [-0.05, 0) is 13.5 Å². The second-order valence-corrected chi connectivity index (χ2v) is 3.76. The van der Waals surface area contributed by atoms with Gasteiger partial charge >= 0.3 is 4.87 Å². The molecule has 1 aromatic rings. The normalized spacial score (nSPS) is 10.5. The third-order valence-electron chi connectivity index (χ3n) is 1.64. The first kappa shape index (κ1) is 9.48. The van der Waals surface area contributed by atoms with E-state index in [9.17, 15) is 4.79 Å². The van der Waals surface area contributed by atoms with Gasteiger partial charge < -0.3 is 10.3 Å². The van der Waals surface area contributed by atoms with Crippen molar-refractivity contribution in [2.45, 2.75) is 26.3 Å². The maximum atomic E-state index is 11.0. The number of H-pyrrole nitrogens is 1. The summed E-state index contributed by atoms with van der Waals surface area (Å²) in [5.74, 6) is 0. The highest BCUT2D eigenvalue weighted by Crippen LogP contribution is 2.10. The van der Waals surface area contributed by atoms with Crippen LogP contribution in [0.3, 0.4) is 0 Å². The number of aromatic amines is 1. The fourth-order valence-electron chi connectivity index (χ4n) is 1.15. The molecular formula is C8H14N2OS. The van der Waals surface area contributed by atoms with Gasteiger partial charge in [0.25, 0.3) is 0 Å². The Morgan fingerprint density at radius 2 is 2.33 bits per heavy atom. The van der Waals surface area contributed by atoms with E-state index in [-0.39, 0.29) is 4.87 Å². The second-order valence-electron chi connectivity index (χ2n) is 2.70. The lowest BCUT2D eigenvalue weighted by Gasteiger charge is -1.98. The Bertz CT molecular complexity index is 263. The first-order valence-corrected chi connectivity index (χ1v) is 4.95. The Hall–Kier alpha value is -0.610. The molecule has 0 unspecified atom stereocenters. The maximum absolute atomic E-state index is 11.0. The molecule has 0 atom stereocenters. The van der Waals surface area contributed by atoms with Crippen molar-refractivity contribution in [2.24, 2.45) is 0 Å². The Labute approximate surface area is 75.8 Å². The minimum Gasteiger partial charge on any atom is -0.316 e. The molecule has 0 bridgehead atoms. The molecule has 1 rings (SSSR count). The van der Waals surface area contributed by atoms with Crippen LogP contribution in [0.2, 0.25) is 0 Å². The average Bonchev–Trinajstić information content (AvgIpc) is 2.33. The maximum Gasteiger partial charge on any atom is 0.304 e. The minimum absolute atomic E-state index is 0.0590. The molecule has 0 aliphatic heterocycles. The number of aryl methyl sites for hydroxylation is 1. The van der Waals surface area contributed by atoms with Crippen LogP contribution in [-0.4, -0.2) is 12.0 Å². The van der Waals surface area contributed by atoms with Gasteiger partial charge in [0.15, 0.2) is 0 Å². The molecule has 0 aliphatic carbocycles. The highest BCUT2D eigenvalue weighted by Gasteiger charge is 2.04. The fraction of sp³-hybridized carbons (Fsp3) is 0.625. The van der Waals surface area contributed by atoms with Crippen LogP contribution in [0.1, 0.15) is 23.9 Å². The van der Waals surface area contributed by atoms with Gasteiger partial charge in [0.1, 0.15) is 0 Å².